The van der Waals surface area contributed by atoms with Gasteiger partial charge in [0.25, 0.3) is 0 Å². The van der Waals surface area contributed by atoms with Crippen LogP contribution in [0.3, 0.4) is 0 Å². The van der Waals surface area contributed by atoms with Gasteiger partial charge in [-0.2, -0.15) is 0 Å². The zero-order chi connectivity index (χ0) is 19.3. The molecule has 1 N–H and O–H groups in total. The third-order valence-electron chi connectivity index (χ3n) is 5.55. The number of aliphatic imine (C=N–C) groups is 1. The first kappa shape index (κ1) is 18.3. The van der Waals surface area contributed by atoms with Crippen molar-refractivity contribution in [3.05, 3.63) is 67.3 Å². The van der Waals surface area contributed by atoms with Crippen LogP contribution < -0.4 is 5.32 Å². The molecule has 3 aromatic rings. The van der Waals surface area contributed by atoms with E-state index in [9.17, 15) is 0 Å². The Bertz CT molecular complexity index is 899. The van der Waals surface area contributed by atoms with Gasteiger partial charge in [-0.25, -0.2) is 9.97 Å². The van der Waals surface area contributed by atoms with Gasteiger partial charge in [0, 0.05) is 51.5 Å². The molecule has 1 saturated heterocycles. The third-order valence-corrected chi connectivity index (χ3v) is 5.55. The molecule has 0 spiro atoms. The number of hydrogen-bond acceptors (Lipinski definition) is 3. The number of piperidine rings is 1. The molecule has 0 bridgehead atoms. The van der Waals surface area contributed by atoms with Crippen LogP contribution in [0.15, 0.2) is 66.7 Å². The van der Waals surface area contributed by atoms with Crippen LogP contribution >= 0.6 is 0 Å². The summed E-state index contributed by atoms with van der Waals surface area (Å²) in [6, 6.07) is 8.78. The highest BCUT2D eigenvalue weighted by Gasteiger charge is 2.28. The van der Waals surface area contributed by atoms with Crippen LogP contribution in [-0.4, -0.2) is 50.1 Å². The number of aromatic nitrogens is 4. The van der Waals surface area contributed by atoms with Crippen molar-refractivity contribution in [3.63, 3.8) is 0 Å². The van der Waals surface area contributed by atoms with E-state index in [1.165, 1.54) is 5.56 Å². The molecule has 2 aromatic heterocycles. The van der Waals surface area contributed by atoms with E-state index >= 15 is 0 Å². The topological polar surface area (TPSA) is 63.3 Å². The molecule has 0 saturated carbocycles. The Balaban J connectivity index is 1.46. The standard InChI is InChI=1S/C21H27N7/c1-17-7-10-26(14-20(17)28-12-9-24-16-28)21(22-2)25-13-18-5-3-4-6-19(18)27-11-8-23-15-27/h3-6,8-9,11-12,15-17,20H,7,10,13-14H2,1-2H3,(H,22,25). The summed E-state index contributed by atoms with van der Waals surface area (Å²) in [5.41, 5.74) is 2.34. The molecule has 2 atom stereocenters. The Kier molecular flexibility index (Phi) is 5.41. The minimum Gasteiger partial charge on any atom is -0.352 e. The van der Waals surface area contributed by atoms with E-state index < -0.39 is 0 Å². The SMILES string of the molecule is CN=C(NCc1ccccc1-n1ccnc1)N1CCC(C)C(n2ccnc2)C1. The molecular weight excluding hydrogens is 350 g/mol. The number of nitrogens with zero attached hydrogens (tertiary/aromatic N) is 6. The van der Waals surface area contributed by atoms with Gasteiger partial charge < -0.3 is 19.4 Å². The molecular formula is C21H27N7. The fraction of sp³-hybridized carbons (Fsp3) is 0.381. The molecule has 7 heteroatoms. The Morgan fingerprint density at radius 3 is 2.75 bits per heavy atom. The first-order valence-corrected chi connectivity index (χ1v) is 9.75. The zero-order valence-corrected chi connectivity index (χ0v) is 16.4. The van der Waals surface area contributed by atoms with Gasteiger partial charge in [-0.05, 0) is 24.0 Å². The largest absolute Gasteiger partial charge is 0.352 e. The number of nitrogens with one attached hydrogen (secondary N) is 1. The Hall–Kier alpha value is -3.09. The molecule has 1 fully saturated rings. The van der Waals surface area contributed by atoms with Crippen LogP contribution in [0.2, 0.25) is 0 Å². The van der Waals surface area contributed by atoms with E-state index in [4.69, 9.17) is 0 Å². The molecule has 7 nitrogen and oxygen atoms in total. The highest BCUT2D eigenvalue weighted by Crippen LogP contribution is 2.27. The predicted octanol–water partition coefficient (Wildman–Crippen LogP) is 2.73. The molecule has 1 aromatic carbocycles. The normalized spacial score (nSPS) is 20.4. The van der Waals surface area contributed by atoms with Gasteiger partial charge >= 0.3 is 0 Å². The second-order valence-corrected chi connectivity index (χ2v) is 7.29. The molecule has 28 heavy (non-hydrogen) atoms. The summed E-state index contributed by atoms with van der Waals surface area (Å²) in [7, 11) is 1.86. The molecule has 3 heterocycles. The molecule has 0 aliphatic carbocycles. The second-order valence-electron chi connectivity index (χ2n) is 7.29. The molecule has 1 aliphatic rings. The van der Waals surface area contributed by atoms with Gasteiger partial charge in [0.15, 0.2) is 5.96 Å². The van der Waals surface area contributed by atoms with E-state index in [0.717, 1.165) is 31.2 Å². The van der Waals surface area contributed by atoms with Gasteiger partial charge in [-0.3, -0.25) is 4.99 Å². The summed E-state index contributed by atoms with van der Waals surface area (Å²) in [4.78, 5) is 15.3. The van der Waals surface area contributed by atoms with Crippen LogP contribution in [0.1, 0.15) is 24.9 Å². The van der Waals surface area contributed by atoms with Crippen LogP contribution in [0, 0.1) is 5.92 Å². The van der Waals surface area contributed by atoms with Crippen molar-refractivity contribution < 1.29 is 0 Å². The van der Waals surface area contributed by atoms with E-state index in [1.807, 2.05) is 36.7 Å². The first-order chi connectivity index (χ1) is 13.8. The average Bonchev–Trinajstić information content (AvgIpc) is 3.44. The van der Waals surface area contributed by atoms with Crippen molar-refractivity contribution in [1.29, 1.82) is 0 Å². The highest BCUT2D eigenvalue weighted by molar-refractivity contribution is 5.80. The first-order valence-electron chi connectivity index (χ1n) is 9.75. The summed E-state index contributed by atoms with van der Waals surface area (Å²) in [6.45, 7) is 4.97. The van der Waals surface area contributed by atoms with Crippen molar-refractivity contribution in [2.75, 3.05) is 20.1 Å². The van der Waals surface area contributed by atoms with E-state index in [0.29, 0.717) is 18.5 Å². The zero-order valence-electron chi connectivity index (χ0n) is 16.4. The van der Waals surface area contributed by atoms with Crippen LogP contribution in [0.25, 0.3) is 5.69 Å². The molecule has 0 amide bonds. The number of guanidine groups is 1. The van der Waals surface area contributed by atoms with Crippen LogP contribution in [0.4, 0.5) is 0 Å². The Morgan fingerprint density at radius 1 is 1.18 bits per heavy atom. The van der Waals surface area contributed by atoms with Crippen molar-refractivity contribution >= 4 is 5.96 Å². The van der Waals surface area contributed by atoms with Crippen LogP contribution in [-0.2, 0) is 6.54 Å². The number of imidazole rings is 2. The fourth-order valence-corrected chi connectivity index (χ4v) is 3.92. The summed E-state index contributed by atoms with van der Waals surface area (Å²) in [5.74, 6) is 1.56. The number of rotatable bonds is 4. The smallest absolute Gasteiger partial charge is 0.193 e. The summed E-state index contributed by atoms with van der Waals surface area (Å²) >= 11 is 0. The van der Waals surface area contributed by atoms with E-state index in [1.54, 1.807) is 6.20 Å². The van der Waals surface area contributed by atoms with Crippen molar-refractivity contribution in [2.24, 2.45) is 10.9 Å². The van der Waals surface area contributed by atoms with E-state index in [2.05, 4.69) is 67.1 Å². The molecule has 146 valence electrons. The number of likely N-dealkylation sites (tertiary alicyclic amines) is 1. The third kappa shape index (κ3) is 3.78. The predicted molar refractivity (Wildman–Crippen MR) is 110 cm³/mol. The lowest BCUT2D eigenvalue weighted by atomic mass is 9.93. The lowest BCUT2D eigenvalue weighted by Crippen LogP contribution is -2.48. The molecule has 0 radical (unpaired) electrons. The maximum atomic E-state index is 4.55. The lowest BCUT2D eigenvalue weighted by Gasteiger charge is -2.39. The quantitative estimate of drug-likeness (QED) is 0.561. The average molecular weight is 377 g/mol. The summed E-state index contributed by atoms with van der Waals surface area (Å²) in [5, 5.41) is 3.56. The molecule has 4 rings (SSSR count). The molecule has 1 aliphatic heterocycles. The lowest BCUT2D eigenvalue weighted by molar-refractivity contribution is 0.189. The molecule has 2 unspecified atom stereocenters. The van der Waals surface area contributed by atoms with Crippen molar-refractivity contribution in [2.45, 2.75) is 25.9 Å². The minimum absolute atomic E-state index is 0.410. The van der Waals surface area contributed by atoms with Gasteiger partial charge in [-0.1, -0.05) is 25.1 Å². The van der Waals surface area contributed by atoms with Gasteiger partial charge in [0.2, 0.25) is 0 Å². The highest BCUT2D eigenvalue weighted by atomic mass is 15.3. The van der Waals surface area contributed by atoms with Crippen molar-refractivity contribution in [3.8, 4) is 5.69 Å². The minimum atomic E-state index is 0.410. The van der Waals surface area contributed by atoms with Gasteiger partial charge in [-0.15, -0.1) is 0 Å². The van der Waals surface area contributed by atoms with Crippen LogP contribution in [0.5, 0.6) is 0 Å². The van der Waals surface area contributed by atoms with Gasteiger partial charge in [0.05, 0.1) is 24.4 Å². The fourth-order valence-electron chi connectivity index (χ4n) is 3.92. The maximum Gasteiger partial charge on any atom is 0.193 e. The number of benzene rings is 1. The Labute approximate surface area is 165 Å². The summed E-state index contributed by atoms with van der Waals surface area (Å²) in [6.07, 6.45) is 12.6. The monoisotopic (exact) mass is 377 g/mol. The van der Waals surface area contributed by atoms with Crippen molar-refractivity contribution in [1.82, 2.24) is 29.3 Å². The maximum absolute atomic E-state index is 4.55. The number of hydrogen-bond donors (Lipinski definition) is 1. The summed E-state index contributed by atoms with van der Waals surface area (Å²) < 4.78 is 4.26. The Morgan fingerprint density at radius 2 is 2.00 bits per heavy atom. The second kappa shape index (κ2) is 8.29. The van der Waals surface area contributed by atoms with E-state index in [-0.39, 0.29) is 0 Å². The van der Waals surface area contributed by atoms with Gasteiger partial charge in [0.1, 0.15) is 0 Å². The number of para-hydroxylation sites is 1.